The minimum Gasteiger partial charge on any atom is -0.476 e. The van der Waals surface area contributed by atoms with Gasteiger partial charge in [-0.3, -0.25) is 0 Å². The molecule has 1 rings (SSSR count). The third-order valence-electron chi connectivity index (χ3n) is 2.49. The molecule has 0 spiro atoms. The zero-order valence-corrected chi connectivity index (χ0v) is 12.5. The molecule has 1 unspecified atom stereocenters. The Labute approximate surface area is 115 Å². The van der Waals surface area contributed by atoms with Crippen molar-refractivity contribution in [2.75, 3.05) is 20.3 Å². The summed E-state index contributed by atoms with van der Waals surface area (Å²) >= 11 is 0.802. The number of ether oxygens (including phenoxy) is 1. The zero-order chi connectivity index (χ0) is 14.6. The first-order chi connectivity index (χ1) is 8.86. The SMILES string of the molecule is CCN(C(C)COC)S(=O)(=O)c1scnc1C(=O)O. The van der Waals surface area contributed by atoms with Crippen molar-refractivity contribution in [1.82, 2.24) is 9.29 Å². The minimum absolute atomic E-state index is 0.226. The van der Waals surface area contributed by atoms with Crippen LogP contribution in [0.1, 0.15) is 24.3 Å². The highest BCUT2D eigenvalue weighted by Gasteiger charge is 2.33. The van der Waals surface area contributed by atoms with Crippen molar-refractivity contribution in [3.05, 3.63) is 11.2 Å². The number of sulfonamides is 1. The molecule has 9 heteroatoms. The number of rotatable bonds is 7. The van der Waals surface area contributed by atoms with Crippen molar-refractivity contribution in [3.8, 4) is 0 Å². The molecule has 0 saturated heterocycles. The molecular formula is C10H16N2O5S2. The predicted octanol–water partition coefficient (Wildman–Crippen LogP) is 0.887. The van der Waals surface area contributed by atoms with Gasteiger partial charge in [0.15, 0.2) is 9.90 Å². The van der Waals surface area contributed by atoms with Crippen LogP contribution in [0.15, 0.2) is 9.72 Å². The highest BCUT2D eigenvalue weighted by molar-refractivity contribution is 7.91. The molecule has 1 aromatic heterocycles. The Morgan fingerprint density at radius 1 is 1.63 bits per heavy atom. The maximum Gasteiger partial charge on any atom is 0.356 e. The van der Waals surface area contributed by atoms with Gasteiger partial charge in [-0.2, -0.15) is 4.31 Å². The summed E-state index contributed by atoms with van der Waals surface area (Å²) in [7, 11) is -2.40. The number of aromatic carboxylic acids is 1. The highest BCUT2D eigenvalue weighted by Crippen LogP contribution is 2.25. The van der Waals surface area contributed by atoms with E-state index in [9.17, 15) is 13.2 Å². The smallest absolute Gasteiger partial charge is 0.356 e. The first kappa shape index (κ1) is 16.0. The lowest BCUT2D eigenvalue weighted by molar-refractivity contribution is 0.0687. The van der Waals surface area contributed by atoms with Crippen LogP contribution in [0.5, 0.6) is 0 Å². The van der Waals surface area contributed by atoms with Crippen LogP contribution >= 0.6 is 11.3 Å². The fourth-order valence-electron chi connectivity index (χ4n) is 1.71. The van der Waals surface area contributed by atoms with Crippen molar-refractivity contribution >= 4 is 27.3 Å². The van der Waals surface area contributed by atoms with Crippen molar-refractivity contribution in [1.29, 1.82) is 0 Å². The van der Waals surface area contributed by atoms with Gasteiger partial charge in [-0.15, -0.1) is 11.3 Å². The van der Waals surface area contributed by atoms with Gasteiger partial charge < -0.3 is 9.84 Å². The fraction of sp³-hybridized carbons (Fsp3) is 0.600. The largest absolute Gasteiger partial charge is 0.476 e. The number of likely N-dealkylation sites (N-methyl/N-ethyl adjacent to an activating group) is 1. The lowest BCUT2D eigenvalue weighted by Gasteiger charge is -2.25. The number of carboxylic acid groups (broad SMARTS) is 1. The summed E-state index contributed by atoms with van der Waals surface area (Å²) in [4.78, 5) is 14.6. The Bertz CT molecular complexity index is 540. The monoisotopic (exact) mass is 308 g/mol. The number of thiazole rings is 1. The quantitative estimate of drug-likeness (QED) is 0.803. The average molecular weight is 308 g/mol. The summed E-state index contributed by atoms with van der Waals surface area (Å²) in [5, 5.41) is 8.95. The van der Waals surface area contributed by atoms with E-state index in [-0.39, 0.29) is 23.4 Å². The van der Waals surface area contributed by atoms with Crippen molar-refractivity contribution in [3.63, 3.8) is 0 Å². The fourth-order valence-corrected chi connectivity index (χ4v) is 4.59. The van der Waals surface area contributed by atoms with E-state index in [0.717, 1.165) is 11.3 Å². The summed E-state index contributed by atoms with van der Waals surface area (Å²) in [6, 6.07) is -0.385. The third-order valence-corrected chi connectivity index (χ3v) is 5.93. The van der Waals surface area contributed by atoms with E-state index in [4.69, 9.17) is 9.84 Å². The van der Waals surface area contributed by atoms with Gasteiger partial charge in [0.25, 0.3) is 10.0 Å². The second-order valence-electron chi connectivity index (χ2n) is 3.81. The van der Waals surface area contributed by atoms with E-state index in [2.05, 4.69) is 4.98 Å². The molecular weight excluding hydrogens is 292 g/mol. The van der Waals surface area contributed by atoms with Gasteiger partial charge in [0.2, 0.25) is 0 Å². The van der Waals surface area contributed by atoms with Crippen LogP contribution in [0.25, 0.3) is 0 Å². The van der Waals surface area contributed by atoms with Gasteiger partial charge in [0, 0.05) is 19.7 Å². The summed E-state index contributed by atoms with van der Waals surface area (Å²) in [5.41, 5.74) is 0.776. The van der Waals surface area contributed by atoms with Gasteiger partial charge in [-0.05, 0) is 6.92 Å². The lowest BCUT2D eigenvalue weighted by atomic mass is 10.4. The number of carbonyl (C=O) groups is 1. The van der Waals surface area contributed by atoms with Crippen molar-refractivity contribution in [2.45, 2.75) is 24.1 Å². The third kappa shape index (κ3) is 3.30. The molecule has 0 aromatic carbocycles. The number of hydrogen-bond acceptors (Lipinski definition) is 6. The molecule has 0 bridgehead atoms. The van der Waals surface area contributed by atoms with E-state index in [1.807, 2.05) is 0 Å². The van der Waals surface area contributed by atoms with Gasteiger partial charge in [-0.25, -0.2) is 18.2 Å². The van der Waals surface area contributed by atoms with E-state index < -0.39 is 21.7 Å². The Kier molecular flexibility index (Phi) is 5.41. The van der Waals surface area contributed by atoms with Crippen LogP contribution in [0, 0.1) is 0 Å². The molecule has 108 valence electrons. The summed E-state index contributed by atoms with van der Waals surface area (Å²) in [6.45, 7) is 3.84. The zero-order valence-electron chi connectivity index (χ0n) is 10.9. The Hall–Kier alpha value is -1.03. The van der Waals surface area contributed by atoms with Crippen LogP contribution < -0.4 is 0 Å². The molecule has 7 nitrogen and oxygen atoms in total. The normalized spacial score (nSPS) is 13.7. The molecule has 0 aliphatic heterocycles. The van der Waals surface area contributed by atoms with Crippen LogP contribution in [0.3, 0.4) is 0 Å². The predicted molar refractivity (Wildman–Crippen MR) is 70.0 cm³/mol. The van der Waals surface area contributed by atoms with E-state index in [0.29, 0.717) is 0 Å². The lowest BCUT2D eigenvalue weighted by Crippen LogP contribution is -2.41. The Morgan fingerprint density at radius 3 is 2.74 bits per heavy atom. The highest BCUT2D eigenvalue weighted by atomic mass is 32.2. The maximum atomic E-state index is 12.4. The number of carboxylic acids is 1. The van der Waals surface area contributed by atoms with Crippen LogP contribution in [0.4, 0.5) is 0 Å². The molecule has 1 atom stereocenters. The number of nitrogens with zero attached hydrogens (tertiary/aromatic N) is 2. The Morgan fingerprint density at radius 2 is 2.26 bits per heavy atom. The first-order valence-corrected chi connectivity index (χ1v) is 7.85. The summed E-state index contributed by atoms with van der Waals surface area (Å²) in [6.07, 6.45) is 0. The van der Waals surface area contributed by atoms with Crippen LogP contribution in [-0.4, -0.2) is 55.1 Å². The average Bonchev–Trinajstić information content (AvgIpc) is 2.79. The standard InChI is InChI=1S/C10H16N2O5S2/c1-4-12(7(2)5-17-3)19(15,16)10-8(9(13)14)11-6-18-10/h6-7H,4-5H2,1-3H3,(H,13,14). The van der Waals surface area contributed by atoms with Crippen molar-refractivity contribution < 1.29 is 23.1 Å². The van der Waals surface area contributed by atoms with Gasteiger partial charge in [-0.1, -0.05) is 6.92 Å². The number of hydrogen-bond donors (Lipinski definition) is 1. The first-order valence-electron chi connectivity index (χ1n) is 5.53. The summed E-state index contributed by atoms with van der Waals surface area (Å²) in [5.74, 6) is -1.35. The Balaban J connectivity index is 3.21. The molecule has 0 amide bonds. The topological polar surface area (TPSA) is 96.8 Å². The van der Waals surface area contributed by atoms with Gasteiger partial charge in [0.05, 0.1) is 12.1 Å². The molecule has 1 aromatic rings. The molecule has 0 radical (unpaired) electrons. The van der Waals surface area contributed by atoms with Crippen LogP contribution in [0.2, 0.25) is 0 Å². The molecule has 1 heterocycles. The maximum absolute atomic E-state index is 12.4. The second kappa shape index (κ2) is 6.42. The number of methoxy groups -OCH3 is 1. The molecule has 0 fully saturated rings. The van der Waals surface area contributed by atoms with Gasteiger partial charge in [0.1, 0.15) is 0 Å². The molecule has 0 saturated carbocycles. The molecule has 19 heavy (non-hydrogen) atoms. The second-order valence-corrected chi connectivity index (χ2v) is 6.75. The van der Waals surface area contributed by atoms with Gasteiger partial charge >= 0.3 is 5.97 Å². The molecule has 0 aliphatic rings. The number of aromatic nitrogens is 1. The van der Waals surface area contributed by atoms with E-state index in [1.165, 1.54) is 16.9 Å². The van der Waals surface area contributed by atoms with E-state index >= 15 is 0 Å². The summed E-state index contributed by atoms with van der Waals surface area (Å²) < 4.78 is 30.8. The van der Waals surface area contributed by atoms with E-state index in [1.54, 1.807) is 13.8 Å². The minimum atomic E-state index is -3.88. The molecule has 0 aliphatic carbocycles. The van der Waals surface area contributed by atoms with Crippen LogP contribution in [-0.2, 0) is 14.8 Å². The van der Waals surface area contributed by atoms with Crippen molar-refractivity contribution in [2.24, 2.45) is 0 Å². The molecule has 1 N–H and O–H groups in total.